The van der Waals surface area contributed by atoms with Crippen LogP contribution in [0.15, 0.2) is 0 Å². The van der Waals surface area contributed by atoms with Crippen molar-refractivity contribution in [1.29, 1.82) is 0 Å². The van der Waals surface area contributed by atoms with Gasteiger partial charge in [0.15, 0.2) is 0 Å². The van der Waals surface area contributed by atoms with Gasteiger partial charge in [0.2, 0.25) is 5.91 Å². The van der Waals surface area contributed by atoms with Crippen molar-refractivity contribution in [2.24, 2.45) is 11.1 Å². The second-order valence-electron chi connectivity index (χ2n) is 5.37. The summed E-state index contributed by atoms with van der Waals surface area (Å²) in [6, 6.07) is 0.351. The summed E-state index contributed by atoms with van der Waals surface area (Å²) >= 11 is 0. The van der Waals surface area contributed by atoms with E-state index < -0.39 is 5.41 Å². The van der Waals surface area contributed by atoms with E-state index >= 15 is 0 Å². The summed E-state index contributed by atoms with van der Waals surface area (Å²) in [6.07, 6.45) is 5.04. The Kier molecular flexibility index (Phi) is 3.22. The van der Waals surface area contributed by atoms with Crippen molar-refractivity contribution in [3.63, 3.8) is 0 Å². The number of nitrogens with zero attached hydrogens (tertiary/aromatic N) is 1. The molecular weight excluding hydrogens is 204 g/mol. The van der Waals surface area contributed by atoms with Gasteiger partial charge in [-0.15, -0.1) is 0 Å². The van der Waals surface area contributed by atoms with Gasteiger partial charge in [0.25, 0.3) is 0 Å². The third kappa shape index (κ3) is 1.96. The third-order valence-corrected chi connectivity index (χ3v) is 4.11. The molecule has 4 heteroatoms. The molecule has 1 amide bonds. The molecule has 2 unspecified atom stereocenters. The molecule has 2 saturated carbocycles. The van der Waals surface area contributed by atoms with Crippen LogP contribution >= 0.6 is 0 Å². The molecule has 4 nitrogen and oxygen atoms in total. The second-order valence-corrected chi connectivity index (χ2v) is 5.37. The molecule has 2 rings (SSSR count). The summed E-state index contributed by atoms with van der Waals surface area (Å²) in [4.78, 5) is 14.3. The van der Waals surface area contributed by atoms with Crippen molar-refractivity contribution in [2.45, 2.75) is 51.1 Å². The summed E-state index contributed by atoms with van der Waals surface area (Å²) in [5, 5.41) is 9.03. The number of carbonyl (C=O) groups excluding carboxylic acids is 1. The number of hydrogen-bond donors (Lipinski definition) is 2. The highest BCUT2D eigenvalue weighted by atomic mass is 16.3. The maximum Gasteiger partial charge on any atom is 0.230 e. The number of amides is 1. The van der Waals surface area contributed by atoms with Gasteiger partial charge in [-0.3, -0.25) is 4.79 Å². The molecule has 2 aliphatic rings. The number of aliphatic hydroxyl groups excluding tert-OH is 1. The highest BCUT2D eigenvalue weighted by molar-refractivity contribution is 5.84. The van der Waals surface area contributed by atoms with Crippen molar-refractivity contribution in [2.75, 3.05) is 13.2 Å². The number of nitrogens with two attached hydrogens (primary N) is 1. The van der Waals surface area contributed by atoms with Crippen LogP contribution in [-0.4, -0.2) is 41.1 Å². The second kappa shape index (κ2) is 4.34. The first-order valence-electron chi connectivity index (χ1n) is 6.27. The van der Waals surface area contributed by atoms with E-state index in [9.17, 15) is 4.79 Å². The SMILES string of the molecule is CC1(C(=O)N(CCO)C2CC2)CCCC1N. The van der Waals surface area contributed by atoms with Gasteiger partial charge in [-0.2, -0.15) is 0 Å². The van der Waals surface area contributed by atoms with Crippen LogP contribution in [0.4, 0.5) is 0 Å². The molecule has 2 fully saturated rings. The molecule has 2 aliphatic carbocycles. The van der Waals surface area contributed by atoms with Gasteiger partial charge in [0, 0.05) is 18.6 Å². The largest absolute Gasteiger partial charge is 0.395 e. The van der Waals surface area contributed by atoms with Crippen LogP contribution in [0.5, 0.6) is 0 Å². The zero-order valence-corrected chi connectivity index (χ0v) is 9.98. The van der Waals surface area contributed by atoms with Gasteiger partial charge in [-0.25, -0.2) is 0 Å². The number of aliphatic hydroxyl groups is 1. The lowest BCUT2D eigenvalue weighted by atomic mass is 9.83. The maximum atomic E-state index is 12.5. The number of rotatable bonds is 4. The highest BCUT2D eigenvalue weighted by Crippen LogP contribution is 2.40. The number of hydrogen-bond acceptors (Lipinski definition) is 3. The molecule has 2 atom stereocenters. The van der Waals surface area contributed by atoms with Crippen LogP contribution in [0.2, 0.25) is 0 Å². The Morgan fingerprint density at radius 3 is 2.62 bits per heavy atom. The van der Waals surface area contributed by atoms with Crippen molar-refractivity contribution in [3.8, 4) is 0 Å². The van der Waals surface area contributed by atoms with E-state index in [0.717, 1.165) is 32.1 Å². The standard InChI is InChI=1S/C12H22N2O2/c1-12(6-2-3-10(12)13)11(16)14(7-8-15)9-4-5-9/h9-10,15H,2-8,13H2,1H3. The van der Waals surface area contributed by atoms with Crippen molar-refractivity contribution >= 4 is 5.91 Å². The molecule has 16 heavy (non-hydrogen) atoms. The molecule has 0 aliphatic heterocycles. The van der Waals surface area contributed by atoms with Gasteiger partial charge in [0.05, 0.1) is 12.0 Å². The topological polar surface area (TPSA) is 66.6 Å². The molecule has 0 aromatic carbocycles. The van der Waals surface area contributed by atoms with Crippen LogP contribution in [-0.2, 0) is 4.79 Å². The van der Waals surface area contributed by atoms with Crippen LogP contribution in [0, 0.1) is 5.41 Å². The fraction of sp³-hybridized carbons (Fsp3) is 0.917. The number of carbonyl (C=O) groups is 1. The van der Waals surface area contributed by atoms with E-state index in [1.54, 1.807) is 0 Å². The Morgan fingerprint density at radius 1 is 1.50 bits per heavy atom. The summed E-state index contributed by atoms with van der Waals surface area (Å²) in [6.45, 7) is 2.50. The average molecular weight is 226 g/mol. The quantitative estimate of drug-likeness (QED) is 0.733. The van der Waals surface area contributed by atoms with Crippen molar-refractivity contribution in [1.82, 2.24) is 4.90 Å². The average Bonchev–Trinajstić information content (AvgIpc) is 3.03. The van der Waals surface area contributed by atoms with Crippen LogP contribution in [0.3, 0.4) is 0 Å². The Morgan fingerprint density at radius 2 is 2.19 bits per heavy atom. The molecule has 3 N–H and O–H groups in total. The summed E-state index contributed by atoms with van der Waals surface area (Å²) in [5.41, 5.74) is 5.67. The van der Waals surface area contributed by atoms with E-state index in [-0.39, 0.29) is 18.6 Å². The monoisotopic (exact) mass is 226 g/mol. The Balaban J connectivity index is 2.09. The van der Waals surface area contributed by atoms with Crippen molar-refractivity contribution < 1.29 is 9.90 Å². The van der Waals surface area contributed by atoms with Crippen LogP contribution in [0.1, 0.15) is 39.0 Å². The van der Waals surface area contributed by atoms with Crippen LogP contribution < -0.4 is 5.73 Å². The molecule has 0 aromatic rings. The first-order valence-corrected chi connectivity index (χ1v) is 6.27. The lowest BCUT2D eigenvalue weighted by molar-refractivity contribution is -0.142. The minimum atomic E-state index is -0.391. The Hall–Kier alpha value is -0.610. The molecule has 0 spiro atoms. The molecule has 92 valence electrons. The minimum absolute atomic E-state index is 0.0139. The van der Waals surface area contributed by atoms with Crippen LogP contribution in [0.25, 0.3) is 0 Å². The van der Waals surface area contributed by atoms with E-state index in [2.05, 4.69) is 0 Å². The fourth-order valence-corrected chi connectivity index (χ4v) is 2.73. The first-order chi connectivity index (χ1) is 7.59. The summed E-state index contributed by atoms with van der Waals surface area (Å²) < 4.78 is 0. The predicted octanol–water partition coefficient (Wildman–Crippen LogP) is 0.487. The van der Waals surface area contributed by atoms with E-state index in [1.807, 2.05) is 11.8 Å². The molecule has 0 radical (unpaired) electrons. The van der Waals surface area contributed by atoms with Gasteiger partial charge in [-0.1, -0.05) is 6.42 Å². The third-order valence-electron chi connectivity index (χ3n) is 4.11. The lowest BCUT2D eigenvalue weighted by Gasteiger charge is -2.34. The molecule has 0 saturated heterocycles. The lowest BCUT2D eigenvalue weighted by Crippen LogP contribution is -2.50. The van der Waals surface area contributed by atoms with Gasteiger partial charge < -0.3 is 15.7 Å². The van der Waals surface area contributed by atoms with E-state index in [0.29, 0.717) is 12.6 Å². The first kappa shape index (κ1) is 11.9. The van der Waals surface area contributed by atoms with Gasteiger partial charge in [-0.05, 0) is 32.6 Å². The predicted molar refractivity (Wildman–Crippen MR) is 61.8 cm³/mol. The van der Waals surface area contributed by atoms with E-state index in [4.69, 9.17) is 10.8 Å². The summed E-state index contributed by atoms with van der Waals surface area (Å²) in [5.74, 6) is 0.161. The maximum absolute atomic E-state index is 12.5. The van der Waals surface area contributed by atoms with Gasteiger partial charge in [0.1, 0.15) is 0 Å². The molecule has 0 bridgehead atoms. The van der Waals surface area contributed by atoms with Crippen molar-refractivity contribution in [3.05, 3.63) is 0 Å². The van der Waals surface area contributed by atoms with E-state index in [1.165, 1.54) is 0 Å². The smallest absolute Gasteiger partial charge is 0.230 e. The zero-order valence-electron chi connectivity index (χ0n) is 9.98. The Bertz CT molecular complexity index is 278. The Labute approximate surface area is 96.8 Å². The molecule has 0 aromatic heterocycles. The minimum Gasteiger partial charge on any atom is -0.395 e. The normalized spacial score (nSPS) is 34.1. The molecular formula is C12H22N2O2. The summed E-state index contributed by atoms with van der Waals surface area (Å²) in [7, 11) is 0. The highest BCUT2D eigenvalue weighted by Gasteiger charge is 2.47. The molecule has 0 heterocycles. The van der Waals surface area contributed by atoms with Gasteiger partial charge >= 0.3 is 0 Å². The fourth-order valence-electron chi connectivity index (χ4n) is 2.73. The zero-order chi connectivity index (χ0) is 11.8.